The molecule has 2 rings (SSSR count). The second-order valence-electron chi connectivity index (χ2n) is 4.31. The smallest absolute Gasteiger partial charge is 0.0957 e. The Balaban J connectivity index is 2.21. The molecule has 2 aromatic rings. The van der Waals surface area contributed by atoms with E-state index >= 15 is 0 Å². The van der Waals surface area contributed by atoms with Gasteiger partial charge in [-0.15, -0.1) is 0 Å². The zero-order chi connectivity index (χ0) is 12.8. The lowest BCUT2D eigenvalue weighted by molar-refractivity contribution is 0.590. The fraction of sp³-hybridized carbons (Fsp3) is 0.429. The summed E-state index contributed by atoms with van der Waals surface area (Å²) in [6.07, 6.45) is 4.04. The third kappa shape index (κ3) is 3.15. The summed E-state index contributed by atoms with van der Waals surface area (Å²) in [5, 5.41) is 3.53. The lowest BCUT2D eigenvalue weighted by Gasteiger charge is -2.16. The van der Waals surface area contributed by atoms with Gasteiger partial charge in [0.1, 0.15) is 0 Å². The highest BCUT2D eigenvalue weighted by Gasteiger charge is 2.15. The molecule has 0 bridgehead atoms. The SMILES string of the molecule is CCCNC(c1ccc(CC)cc1)c1cnsn1. The van der Waals surface area contributed by atoms with Gasteiger partial charge in [-0.05, 0) is 30.5 Å². The third-order valence-corrected chi connectivity index (χ3v) is 3.49. The molecule has 18 heavy (non-hydrogen) atoms. The number of nitrogens with zero attached hydrogens (tertiary/aromatic N) is 2. The van der Waals surface area contributed by atoms with Crippen molar-refractivity contribution >= 4 is 11.7 Å². The minimum Gasteiger partial charge on any atom is -0.305 e. The van der Waals surface area contributed by atoms with Crippen molar-refractivity contribution in [1.29, 1.82) is 0 Å². The van der Waals surface area contributed by atoms with E-state index in [1.807, 2.05) is 6.20 Å². The lowest BCUT2D eigenvalue weighted by Crippen LogP contribution is -2.23. The topological polar surface area (TPSA) is 37.8 Å². The van der Waals surface area contributed by atoms with E-state index in [1.165, 1.54) is 22.9 Å². The van der Waals surface area contributed by atoms with E-state index in [2.05, 4.69) is 52.2 Å². The number of hydrogen-bond donors (Lipinski definition) is 1. The molecule has 1 atom stereocenters. The molecule has 0 spiro atoms. The number of aryl methyl sites for hydroxylation is 1. The minimum atomic E-state index is 0.162. The van der Waals surface area contributed by atoms with Gasteiger partial charge in [0.2, 0.25) is 0 Å². The summed E-state index contributed by atoms with van der Waals surface area (Å²) in [4.78, 5) is 0. The highest BCUT2D eigenvalue weighted by atomic mass is 32.1. The Bertz CT molecular complexity index is 450. The maximum atomic E-state index is 4.36. The van der Waals surface area contributed by atoms with Crippen molar-refractivity contribution < 1.29 is 0 Å². The van der Waals surface area contributed by atoms with Crippen molar-refractivity contribution in [3.8, 4) is 0 Å². The van der Waals surface area contributed by atoms with Crippen molar-refractivity contribution in [3.63, 3.8) is 0 Å². The van der Waals surface area contributed by atoms with E-state index in [1.54, 1.807) is 0 Å². The fourth-order valence-corrected chi connectivity index (χ4v) is 2.38. The molecule has 0 aliphatic rings. The number of nitrogens with one attached hydrogen (secondary N) is 1. The summed E-state index contributed by atoms with van der Waals surface area (Å²) < 4.78 is 8.46. The van der Waals surface area contributed by atoms with Crippen LogP contribution in [0.4, 0.5) is 0 Å². The van der Waals surface area contributed by atoms with Gasteiger partial charge in [-0.1, -0.05) is 38.1 Å². The first-order valence-corrected chi connectivity index (χ1v) is 7.17. The van der Waals surface area contributed by atoms with Gasteiger partial charge in [0.05, 0.1) is 29.7 Å². The van der Waals surface area contributed by atoms with Gasteiger partial charge in [0.25, 0.3) is 0 Å². The highest BCUT2D eigenvalue weighted by Crippen LogP contribution is 2.21. The Morgan fingerprint density at radius 3 is 2.56 bits per heavy atom. The van der Waals surface area contributed by atoms with Crippen LogP contribution in [0.3, 0.4) is 0 Å². The summed E-state index contributed by atoms with van der Waals surface area (Å²) in [6.45, 7) is 5.33. The van der Waals surface area contributed by atoms with Crippen molar-refractivity contribution in [1.82, 2.24) is 14.1 Å². The van der Waals surface area contributed by atoms with Crippen LogP contribution in [0.5, 0.6) is 0 Å². The van der Waals surface area contributed by atoms with Gasteiger partial charge < -0.3 is 5.32 Å². The van der Waals surface area contributed by atoms with E-state index in [4.69, 9.17) is 0 Å². The summed E-state index contributed by atoms with van der Waals surface area (Å²) in [6, 6.07) is 8.91. The minimum absolute atomic E-state index is 0.162. The van der Waals surface area contributed by atoms with Gasteiger partial charge in [-0.2, -0.15) is 8.75 Å². The van der Waals surface area contributed by atoms with Gasteiger partial charge in [0.15, 0.2) is 0 Å². The van der Waals surface area contributed by atoms with Crippen LogP contribution in [0, 0.1) is 0 Å². The van der Waals surface area contributed by atoms with Crippen molar-refractivity contribution in [2.24, 2.45) is 0 Å². The van der Waals surface area contributed by atoms with Crippen LogP contribution in [0.1, 0.15) is 43.1 Å². The van der Waals surface area contributed by atoms with Crippen LogP contribution in [0.15, 0.2) is 30.5 Å². The van der Waals surface area contributed by atoms with Crippen molar-refractivity contribution in [2.45, 2.75) is 32.7 Å². The maximum Gasteiger partial charge on any atom is 0.0957 e. The lowest BCUT2D eigenvalue weighted by atomic mass is 10.0. The monoisotopic (exact) mass is 261 g/mol. The standard InChI is InChI=1S/C14H19N3S/c1-3-9-15-14(13-10-16-18-17-13)12-7-5-11(4-2)6-8-12/h5-8,10,14-15H,3-4,9H2,1-2H3. The molecule has 1 aromatic heterocycles. The van der Waals surface area contributed by atoms with Crippen LogP contribution in [-0.4, -0.2) is 15.3 Å². The molecule has 0 amide bonds. The predicted octanol–water partition coefficient (Wildman–Crippen LogP) is 3.19. The molecule has 0 aliphatic heterocycles. The Morgan fingerprint density at radius 2 is 2.00 bits per heavy atom. The van der Waals surface area contributed by atoms with Crippen LogP contribution in [0.25, 0.3) is 0 Å². The van der Waals surface area contributed by atoms with E-state index in [0.717, 1.165) is 25.1 Å². The van der Waals surface area contributed by atoms with Crippen molar-refractivity contribution in [2.75, 3.05) is 6.54 Å². The van der Waals surface area contributed by atoms with Gasteiger partial charge in [0, 0.05) is 0 Å². The second-order valence-corrected chi connectivity index (χ2v) is 4.87. The van der Waals surface area contributed by atoms with Crippen LogP contribution in [0.2, 0.25) is 0 Å². The van der Waals surface area contributed by atoms with Crippen LogP contribution >= 0.6 is 11.7 Å². The van der Waals surface area contributed by atoms with E-state index in [9.17, 15) is 0 Å². The number of rotatable bonds is 6. The molecule has 1 N–H and O–H groups in total. The molecule has 0 radical (unpaired) electrons. The molecule has 0 aliphatic carbocycles. The molecular formula is C14H19N3S. The number of aromatic nitrogens is 2. The van der Waals surface area contributed by atoms with E-state index in [0.29, 0.717) is 0 Å². The van der Waals surface area contributed by atoms with Crippen molar-refractivity contribution in [3.05, 3.63) is 47.3 Å². The Kier molecular flexibility index (Phi) is 4.84. The highest BCUT2D eigenvalue weighted by molar-refractivity contribution is 6.99. The molecule has 0 fully saturated rings. The quantitative estimate of drug-likeness (QED) is 0.868. The summed E-state index contributed by atoms with van der Waals surface area (Å²) in [5.74, 6) is 0. The average molecular weight is 261 g/mol. The number of hydrogen-bond acceptors (Lipinski definition) is 4. The Labute approximate surface area is 113 Å². The zero-order valence-electron chi connectivity index (χ0n) is 10.9. The average Bonchev–Trinajstić information content (AvgIpc) is 2.94. The maximum absolute atomic E-state index is 4.36. The zero-order valence-corrected chi connectivity index (χ0v) is 11.7. The molecular weight excluding hydrogens is 242 g/mol. The van der Waals surface area contributed by atoms with E-state index < -0.39 is 0 Å². The largest absolute Gasteiger partial charge is 0.305 e. The summed E-state index contributed by atoms with van der Waals surface area (Å²) in [5.41, 5.74) is 3.63. The molecule has 1 unspecified atom stereocenters. The van der Waals surface area contributed by atoms with Crippen LogP contribution < -0.4 is 5.32 Å². The predicted molar refractivity (Wildman–Crippen MR) is 75.9 cm³/mol. The Hall–Kier alpha value is -1.26. The molecule has 1 aromatic carbocycles. The summed E-state index contributed by atoms with van der Waals surface area (Å²) >= 11 is 1.26. The second kappa shape index (κ2) is 6.61. The first kappa shape index (κ1) is 13.2. The summed E-state index contributed by atoms with van der Waals surface area (Å²) in [7, 11) is 0. The molecule has 3 nitrogen and oxygen atoms in total. The molecule has 96 valence electrons. The fourth-order valence-electron chi connectivity index (χ4n) is 1.93. The first-order chi connectivity index (χ1) is 8.85. The Morgan fingerprint density at radius 1 is 1.22 bits per heavy atom. The molecule has 4 heteroatoms. The molecule has 0 saturated heterocycles. The van der Waals surface area contributed by atoms with Gasteiger partial charge in [-0.25, -0.2) is 0 Å². The molecule has 0 saturated carbocycles. The number of benzene rings is 1. The first-order valence-electron chi connectivity index (χ1n) is 6.44. The molecule has 1 heterocycles. The van der Waals surface area contributed by atoms with Gasteiger partial charge in [-0.3, -0.25) is 0 Å². The van der Waals surface area contributed by atoms with Gasteiger partial charge >= 0.3 is 0 Å². The normalized spacial score (nSPS) is 12.6. The third-order valence-electron chi connectivity index (χ3n) is 2.99. The van der Waals surface area contributed by atoms with Crippen LogP contribution in [-0.2, 0) is 6.42 Å². The van der Waals surface area contributed by atoms with E-state index in [-0.39, 0.29) is 6.04 Å².